The van der Waals surface area contributed by atoms with E-state index in [2.05, 4.69) is 15.9 Å². The van der Waals surface area contributed by atoms with Gasteiger partial charge in [-0.25, -0.2) is 9.29 Å². The number of nitrogens with zero attached hydrogens (tertiary/aromatic N) is 2. The standard InChI is InChI=1S/C27H17BrClFN2O3/c28-16-8-4-15(5-9-16)25(33)24-23-22(20-11-7-14-6-10-17(29)12-21(14)32(20)24)26(34)31(27(23)35)19-3-1-2-18(30)13-19/h1-13,20,22-24H/t20-,22+,23-,24+/m1/s1. The molecule has 3 aromatic rings. The lowest BCUT2D eigenvalue weighted by atomic mass is 9.86. The van der Waals surface area contributed by atoms with Crippen molar-refractivity contribution in [3.8, 4) is 0 Å². The van der Waals surface area contributed by atoms with E-state index in [9.17, 15) is 18.8 Å². The largest absolute Gasteiger partial charge is 0.352 e. The monoisotopic (exact) mass is 550 g/mol. The fourth-order valence-corrected chi connectivity index (χ4v) is 5.92. The fourth-order valence-electron chi connectivity index (χ4n) is 5.49. The van der Waals surface area contributed by atoms with Gasteiger partial charge in [-0.05, 0) is 48.0 Å². The Morgan fingerprint density at radius 2 is 1.69 bits per heavy atom. The molecule has 3 aliphatic heterocycles. The highest BCUT2D eigenvalue weighted by molar-refractivity contribution is 9.10. The number of imide groups is 1. The van der Waals surface area contributed by atoms with Crippen LogP contribution in [0, 0.1) is 17.7 Å². The first-order valence-corrected chi connectivity index (χ1v) is 12.2. The van der Waals surface area contributed by atoms with Gasteiger partial charge in [-0.2, -0.15) is 0 Å². The predicted molar refractivity (Wildman–Crippen MR) is 135 cm³/mol. The van der Waals surface area contributed by atoms with Gasteiger partial charge in [0.05, 0.1) is 23.6 Å². The molecule has 0 aliphatic carbocycles. The molecule has 8 heteroatoms. The lowest BCUT2D eigenvalue weighted by molar-refractivity contribution is -0.122. The van der Waals surface area contributed by atoms with Crippen LogP contribution >= 0.6 is 27.5 Å². The summed E-state index contributed by atoms with van der Waals surface area (Å²) in [6, 6.07) is 16.2. The number of Topliss-reactive ketones (excluding diaryl/α,β-unsaturated/α-hetero) is 1. The molecule has 0 spiro atoms. The average Bonchev–Trinajstić information content (AvgIpc) is 3.32. The first-order chi connectivity index (χ1) is 16.8. The molecule has 5 nitrogen and oxygen atoms in total. The summed E-state index contributed by atoms with van der Waals surface area (Å²) in [6.45, 7) is 0. The van der Waals surface area contributed by atoms with Crippen molar-refractivity contribution in [2.75, 3.05) is 9.80 Å². The Kier molecular flexibility index (Phi) is 5.16. The van der Waals surface area contributed by atoms with Gasteiger partial charge in [-0.1, -0.05) is 63.9 Å². The summed E-state index contributed by atoms with van der Waals surface area (Å²) in [5, 5.41) is 0.490. The summed E-state index contributed by atoms with van der Waals surface area (Å²) < 4.78 is 14.8. The maximum Gasteiger partial charge on any atom is 0.240 e. The Labute approximate surface area is 213 Å². The molecule has 3 aliphatic rings. The molecule has 3 heterocycles. The smallest absolute Gasteiger partial charge is 0.240 e. The molecule has 2 fully saturated rings. The lowest BCUT2D eigenvalue weighted by Crippen LogP contribution is -2.48. The molecule has 3 aromatic carbocycles. The second-order valence-electron chi connectivity index (χ2n) is 8.82. The molecule has 0 bridgehead atoms. The van der Waals surface area contributed by atoms with Crippen LogP contribution < -0.4 is 9.80 Å². The van der Waals surface area contributed by atoms with E-state index in [-0.39, 0.29) is 11.5 Å². The molecule has 2 saturated heterocycles. The summed E-state index contributed by atoms with van der Waals surface area (Å²) in [5.74, 6) is -3.49. The number of rotatable bonds is 3. The number of ketones is 1. The van der Waals surface area contributed by atoms with Gasteiger partial charge >= 0.3 is 0 Å². The number of anilines is 2. The summed E-state index contributed by atoms with van der Waals surface area (Å²) in [5.41, 5.74) is 2.15. The summed E-state index contributed by atoms with van der Waals surface area (Å²) in [7, 11) is 0. The normalized spacial score (nSPS) is 24.4. The van der Waals surface area contributed by atoms with Crippen LogP contribution in [-0.2, 0) is 9.59 Å². The van der Waals surface area contributed by atoms with E-state index in [1.165, 1.54) is 18.2 Å². The highest BCUT2D eigenvalue weighted by Gasteiger charge is 2.64. The summed E-state index contributed by atoms with van der Waals surface area (Å²) >= 11 is 9.69. The minimum atomic E-state index is -0.929. The SMILES string of the molecule is O=C(c1ccc(Br)cc1)[C@@H]1[C@@H]2C(=O)N(c3cccc(F)c3)C(=O)[C@H]2[C@H]2C=Cc3ccc(Cl)cc3N21. The Hall–Kier alpha value is -3.29. The van der Waals surface area contributed by atoms with Gasteiger partial charge < -0.3 is 4.90 Å². The topological polar surface area (TPSA) is 57.7 Å². The van der Waals surface area contributed by atoms with E-state index in [0.717, 1.165) is 21.0 Å². The Bertz CT molecular complexity index is 1440. The van der Waals surface area contributed by atoms with Crippen LogP contribution in [-0.4, -0.2) is 29.7 Å². The molecule has 6 rings (SSSR count). The fraction of sp³-hybridized carbons (Fsp3) is 0.148. The number of fused-ring (bicyclic) bond motifs is 5. The van der Waals surface area contributed by atoms with E-state index >= 15 is 0 Å². The predicted octanol–water partition coefficient (Wildman–Crippen LogP) is 5.51. The van der Waals surface area contributed by atoms with Crippen molar-refractivity contribution in [3.63, 3.8) is 0 Å². The van der Waals surface area contributed by atoms with Gasteiger partial charge in [0.2, 0.25) is 11.8 Å². The number of halogens is 3. The number of amides is 2. The van der Waals surface area contributed by atoms with Crippen LogP contribution in [0.2, 0.25) is 5.02 Å². The molecule has 174 valence electrons. The van der Waals surface area contributed by atoms with Gasteiger partial charge in [0.1, 0.15) is 11.9 Å². The summed E-state index contributed by atoms with van der Waals surface area (Å²) in [4.78, 5) is 44.3. The third-order valence-electron chi connectivity index (χ3n) is 6.93. The molecular weight excluding hydrogens is 535 g/mol. The highest BCUT2D eigenvalue weighted by atomic mass is 79.9. The van der Waals surface area contributed by atoms with E-state index < -0.39 is 41.6 Å². The third kappa shape index (κ3) is 3.37. The van der Waals surface area contributed by atoms with Crippen molar-refractivity contribution in [1.82, 2.24) is 0 Å². The Morgan fingerprint density at radius 1 is 0.943 bits per heavy atom. The zero-order valence-corrected chi connectivity index (χ0v) is 20.4. The second-order valence-corrected chi connectivity index (χ2v) is 10.2. The van der Waals surface area contributed by atoms with Gasteiger partial charge in [-0.15, -0.1) is 0 Å². The highest BCUT2D eigenvalue weighted by Crippen LogP contribution is 2.50. The maximum atomic E-state index is 14.0. The molecule has 0 saturated carbocycles. The van der Waals surface area contributed by atoms with Crippen LogP contribution in [0.3, 0.4) is 0 Å². The molecule has 0 radical (unpaired) electrons. The van der Waals surface area contributed by atoms with Crippen molar-refractivity contribution >= 4 is 62.6 Å². The van der Waals surface area contributed by atoms with Gasteiger partial charge in [0.25, 0.3) is 0 Å². The molecule has 35 heavy (non-hydrogen) atoms. The van der Waals surface area contributed by atoms with Crippen LogP contribution in [0.4, 0.5) is 15.8 Å². The first-order valence-electron chi connectivity index (χ1n) is 11.0. The Balaban J connectivity index is 1.51. The van der Waals surface area contributed by atoms with Gasteiger partial charge in [0.15, 0.2) is 5.78 Å². The number of benzene rings is 3. The van der Waals surface area contributed by atoms with Crippen LogP contribution in [0.15, 0.2) is 77.3 Å². The maximum absolute atomic E-state index is 14.0. The number of hydrogen-bond donors (Lipinski definition) is 0. The number of carbonyl (C=O) groups is 3. The first kappa shape index (κ1) is 22.2. The Morgan fingerprint density at radius 3 is 2.43 bits per heavy atom. The van der Waals surface area contributed by atoms with Crippen molar-refractivity contribution in [3.05, 3.63) is 99.2 Å². The second kappa shape index (κ2) is 8.14. The van der Waals surface area contributed by atoms with Gasteiger partial charge in [0, 0.05) is 20.7 Å². The minimum absolute atomic E-state index is 0.166. The molecule has 4 atom stereocenters. The average molecular weight is 552 g/mol. The van der Waals surface area contributed by atoms with Gasteiger partial charge in [-0.3, -0.25) is 14.4 Å². The lowest BCUT2D eigenvalue weighted by Gasteiger charge is -2.36. The quantitative estimate of drug-likeness (QED) is 0.318. The van der Waals surface area contributed by atoms with Crippen LogP contribution in [0.1, 0.15) is 15.9 Å². The van der Waals surface area contributed by atoms with Crippen LogP contribution in [0.25, 0.3) is 6.08 Å². The molecule has 2 amide bonds. The summed E-state index contributed by atoms with van der Waals surface area (Å²) in [6.07, 6.45) is 3.75. The molecule has 0 unspecified atom stereocenters. The molecular formula is C27H17BrClFN2O3. The molecule has 0 N–H and O–H groups in total. The van der Waals surface area contributed by atoms with Crippen LogP contribution in [0.5, 0.6) is 0 Å². The van der Waals surface area contributed by atoms with E-state index in [0.29, 0.717) is 16.3 Å². The van der Waals surface area contributed by atoms with E-state index in [1.807, 2.05) is 23.1 Å². The number of hydrogen-bond acceptors (Lipinski definition) is 4. The minimum Gasteiger partial charge on any atom is -0.352 e. The van der Waals surface area contributed by atoms with E-state index in [4.69, 9.17) is 11.6 Å². The number of carbonyl (C=O) groups excluding carboxylic acids is 3. The van der Waals surface area contributed by atoms with Crippen molar-refractivity contribution in [2.24, 2.45) is 11.8 Å². The van der Waals surface area contributed by atoms with Crippen molar-refractivity contribution in [1.29, 1.82) is 0 Å². The van der Waals surface area contributed by atoms with Crippen molar-refractivity contribution < 1.29 is 18.8 Å². The third-order valence-corrected chi connectivity index (χ3v) is 7.70. The molecule has 0 aromatic heterocycles. The van der Waals surface area contributed by atoms with E-state index in [1.54, 1.807) is 36.4 Å². The van der Waals surface area contributed by atoms with Crippen molar-refractivity contribution in [2.45, 2.75) is 12.1 Å². The zero-order chi connectivity index (χ0) is 24.4. The zero-order valence-electron chi connectivity index (χ0n) is 18.1.